The second-order valence-corrected chi connectivity index (χ2v) is 7.14. The van der Waals surface area contributed by atoms with Gasteiger partial charge in [-0.05, 0) is 19.3 Å². The average molecular weight is 328 g/mol. The van der Waals surface area contributed by atoms with Crippen LogP contribution in [0.5, 0.6) is 0 Å². The SMILES string of the molecule is CCCCNC(=O)CSc1nnc(N(C(C)=O)C2CC2)s1. The molecule has 2 rings (SSSR count). The monoisotopic (exact) mass is 328 g/mol. The molecule has 1 aliphatic carbocycles. The predicted octanol–water partition coefficient (Wildman–Crippen LogP) is 2.06. The van der Waals surface area contributed by atoms with Crippen LogP contribution in [0.1, 0.15) is 39.5 Å². The number of hydrogen-bond donors (Lipinski definition) is 1. The van der Waals surface area contributed by atoms with Crippen molar-refractivity contribution >= 4 is 40.0 Å². The predicted molar refractivity (Wildman–Crippen MR) is 84.7 cm³/mol. The van der Waals surface area contributed by atoms with Crippen LogP contribution in [-0.2, 0) is 9.59 Å². The molecule has 1 fully saturated rings. The van der Waals surface area contributed by atoms with E-state index in [1.807, 2.05) is 0 Å². The van der Waals surface area contributed by atoms with Crippen molar-refractivity contribution < 1.29 is 9.59 Å². The molecule has 116 valence electrons. The van der Waals surface area contributed by atoms with E-state index in [0.29, 0.717) is 10.9 Å². The molecule has 1 N–H and O–H groups in total. The van der Waals surface area contributed by atoms with Crippen molar-refractivity contribution in [2.45, 2.75) is 49.9 Å². The highest BCUT2D eigenvalue weighted by atomic mass is 32.2. The molecule has 0 radical (unpaired) electrons. The van der Waals surface area contributed by atoms with E-state index in [4.69, 9.17) is 0 Å². The lowest BCUT2D eigenvalue weighted by molar-refractivity contribution is -0.118. The molecular formula is C13H20N4O2S2. The van der Waals surface area contributed by atoms with Gasteiger partial charge in [0.05, 0.1) is 5.75 Å². The molecule has 6 nitrogen and oxygen atoms in total. The number of aromatic nitrogens is 2. The molecule has 1 saturated carbocycles. The second-order valence-electron chi connectivity index (χ2n) is 4.96. The summed E-state index contributed by atoms with van der Waals surface area (Å²) in [5.74, 6) is 0.348. The Morgan fingerprint density at radius 3 is 2.81 bits per heavy atom. The largest absolute Gasteiger partial charge is 0.355 e. The lowest BCUT2D eigenvalue weighted by Crippen LogP contribution is -2.30. The molecule has 0 aromatic carbocycles. The maximum Gasteiger partial charge on any atom is 0.230 e. The summed E-state index contributed by atoms with van der Waals surface area (Å²) in [4.78, 5) is 25.0. The summed E-state index contributed by atoms with van der Waals surface area (Å²) in [6.07, 6.45) is 4.12. The van der Waals surface area contributed by atoms with Crippen LogP contribution in [0.15, 0.2) is 4.34 Å². The number of rotatable bonds is 8. The van der Waals surface area contributed by atoms with Crippen LogP contribution in [0.25, 0.3) is 0 Å². The van der Waals surface area contributed by atoms with Gasteiger partial charge in [-0.25, -0.2) is 0 Å². The van der Waals surface area contributed by atoms with E-state index >= 15 is 0 Å². The Kier molecular flexibility index (Phi) is 5.98. The number of thioether (sulfide) groups is 1. The molecule has 1 aromatic heterocycles. The van der Waals surface area contributed by atoms with Gasteiger partial charge in [0.15, 0.2) is 4.34 Å². The Bertz CT molecular complexity index is 502. The first-order chi connectivity index (χ1) is 10.1. The Hall–Kier alpha value is -1.15. The minimum absolute atomic E-state index is 0.00232. The van der Waals surface area contributed by atoms with E-state index in [-0.39, 0.29) is 17.9 Å². The molecule has 0 atom stereocenters. The topological polar surface area (TPSA) is 75.2 Å². The van der Waals surface area contributed by atoms with Crippen molar-refractivity contribution in [1.29, 1.82) is 0 Å². The van der Waals surface area contributed by atoms with Crippen molar-refractivity contribution in [3.8, 4) is 0 Å². The maximum absolute atomic E-state index is 11.6. The minimum Gasteiger partial charge on any atom is -0.355 e. The molecule has 0 bridgehead atoms. The number of nitrogens with one attached hydrogen (secondary N) is 1. The molecule has 1 aromatic rings. The maximum atomic E-state index is 11.6. The molecule has 1 aliphatic rings. The Labute approximate surface area is 132 Å². The van der Waals surface area contributed by atoms with Gasteiger partial charge < -0.3 is 5.32 Å². The van der Waals surface area contributed by atoms with Crippen LogP contribution in [0.3, 0.4) is 0 Å². The number of amides is 2. The van der Waals surface area contributed by atoms with E-state index in [1.54, 1.807) is 11.8 Å². The third-order valence-corrected chi connectivity index (χ3v) is 5.09. The molecule has 0 unspecified atom stereocenters. The van der Waals surface area contributed by atoms with Crippen LogP contribution in [-0.4, -0.2) is 40.4 Å². The summed E-state index contributed by atoms with van der Waals surface area (Å²) in [5, 5.41) is 11.6. The highest BCUT2D eigenvalue weighted by Gasteiger charge is 2.34. The third kappa shape index (κ3) is 4.96. The summed E-state index contributed by atoms with van der Waals surface area (Å²) in [6.45, 7) is 4.36. The van der Waals surface area contributed by atoms with Crippen molar-refractivity contribution in [2.75, 3.05) is 17.2 Å². The number of unbranched alkanes of at least 4 members (excludes halogenated alkanes) is 1. The van der Waals surface area contributed by atoms with Gasteiger partial charge in [-0.2, -0.15) is 0 Å². The third-order valence-electron chi connectivity index (χ3n) is 3.03. The number of carbonyl (C=O) groups excluding carboxylic acids is 2. The first-order valence-electron chi connectivity index (χ1n) is 7.14. The Morgan fingerprint density at radius 2 is 2.19 bits per heavy atom. The van der Waals surface area contributed by atoms with Gasteiger partial charge in [0.2, 0.25) is 16.9 Å². The lowest BCUT2D eigenvalue weighted by Gasteiger charge is -2.15. The fourth-order valence-electron chi connectivity index (χ4n) is 1.82. The smallest absolute Gasteiger partial charge is 0.230 e. The van der Waals surface area contributed by atoms with Gasteiger partial charge in [0.1, 0.15) is 0 Å². The van der Waals surface area contributed by atoms with Crippen molar-refractivity contribution in [3.05, 3.63) is 0 Å². The van der Waals surface area contributed by atoms with Gasteiger partial charge in [-0.1, -0.05) is 36.4 Å². The Balaban J connectivity index is 1.82. The van der Waals surface area contributed by atoms with Crippen molar-refractivity contribution in [2.24, 2.45) is 0 Å². The number of anilines is 1. The summed E-state index contributed by atoms with van der Waals surface area (Å²) in [7, 11) is 0. The quantitative estimate of drug-likeness (QED) is 0.449. The molecule has 2 amide bonds. The minimum atomic E-state index is 0.00232. The highest BCUT2D eigenvalue weighted by Crippen LogP contribution is 2.35. The average Bonchev–Trinajstić information content (AvgIpc) is 3.15. The highest BCUT2D eigenvalue weighted by molar-refractivity contribution is 8.01. The Morgan fingerprint density at radius 1 is 1.43 bits per heavy atom. The van der Waals surface area contributed by atoms with Crippen LogP contribution < -0.4 is 10.2 Å². The van der Waals surface area contributed by atoms with Gasteiger partial charge in [0, 0.05) is 19.5 Å². The fraction of sp³-hybridized carbons (Fsp3) is 0.692. The molecule has 8 heteroatoms. The zero-order chi connectivity index (χ0) is 15.2. The van der Waals surface area contributed by atoms with Crippen LogP contribution in [0.2, 0.25) is 0 Å². The number of carbonyl (C=O) groups is 2. The van der Waals surface area contributed by atoms with E-state index in [0.717, 1.165) is 36.6 Å². The molecule has 21 heavy (non-hydrogen) atoms. The summed E-state index contributed by atoms with van der Waals surface area (Å²) in [5.41, 5.74) is 0. The molecule has 1 heterocycles. The van der Waals surface area contributed by atoms with Crippen molar-refractivity contribution in [1.82, 2.24) is 15.5 Å². The van der Waals surface area contributed by atoms with E-state index in [9.17, 15) is 9.59 Å². The van der Waals surface area contributed by atoms with Crippen LogP contribution >= 0.6 is 23.1 Å². The summed E-state index contributed by atoms with van der Waals surface area (Å²) >= 11 is 2.74. The van der Waals surface area contributed by atoms with Crippen LogP contribution in [0, 0.1) is 0 Å². The van der Waals surface area contributed by atoms with Crippen LogP contribution in [0.4, 0.5) is 5.13 Å². The van der Waals surface area contributed by atoms with Gasteiger partial charge >= 0.3 is 0 Å². The van der Waals surface area contributed by atoms with E-state index in [2.05, 4.69) is 22.4 Å². The van der Waals surface area contributed by atoms with Gasteiger partial charge in [-0.15, -0.1) is 10.2 Å². The summed E-state index contributed by atoms with van der Waals surface area (Å²) in [6, 6.07) is 0.283. The van der Waals surface area contributed by atoms with Crippen molar-refractivity contribution in [3.63, 3.8) is 0 Å². The molecule has 0 aliphatic heterocycles. The van der Waals surface area contributed by atoms with Gasteiger partial charge in [0.25, 0.3) is 0 Å². The zero-order valence-corrected chi connectivity index (χ0v) is 13.9. The first-order valence-corrected chi connectivity index (χ1v) is 8.94. The standard InChI is InChI=1S/C13H20N4O2S2/c1-3-4-7-14-11(19)8-20-13-16-15-12(21-13)17(9(2)18)10-5-6-10/h10H,3-8H2,1-2H3,(H,14,19). The lowest BCUT2D eigenvalue weighted by atomic mass is 10.3. The normalized spacial score (nSPS) is 14.0. The fourth-order valence-corrected chi connectivity index (χ4v) is 3.61. The van der Waals surface area contributed by atoms with E-state index < -0.39 is 0 Å². The number of hydrogen-bond acceptors (Lipinski definition) is 6. The van der Waals surface area contributed by atoms with Gasteiger partial charge in [-0.3, -0.25) is 14.5 Å². The molecule has 0 spiro atoms. The first kappa shape index (κ1) is 16.2. The van der Waals surface area contributed by atoms with E-state index in [1.165, 1.54) is 23.1 Å². The molecule has 0 saturated heterocycles. The second kappa shape index (κ2) is 7.74. The number of nitrogens with zero attached hydrogens (tertiary/aromatic N) is 3. The summed E-state index contributed by atoms with van der Waals surface area (Å²) < 4.78 is 0.725. The molecular weight excluding hydrogens is 308 g/mol. The zero-order valence-electron chi connectivity index (χ0n) is 12.3.